The molecule has 0 aliphatic carbocycles. The summed E-state index contributed by atoms with van der Waals surface area (Å²) in [5, 5.41) is 5.42. The number of benzene rings is 1. The van der Waals surface area contributed by atoms with Gasteiger partial charge in [-0.1, -0.05) is 20.8 Å². The van der Waals surface area contributed by atoms with Crippen LogP contribution in [0.4, 0.5) is 10.2 Å². The summed E-state index contributed by atoms with van der Waals surface area (Å²) in [4.78, 5) is 23.3. The summed E-state index contributed by atoms with van der Waals surface area (Å²) < 4.78 is 15.1. The summed E-state index contributed by atoms with van der Waals surface area (Å²) in [7, 11) is 0. The van der Waals surface area contributed by atoms with Gasteiger partial charge in [0.2, 0.25) is 0 Å². The SMILES string of the molecule is CC(C)(C)c1ccc(=O)n(CC2CCCN2c2ncnc3cc(F)ccc23)n1. The minimum Gasteiger partial charge on any atom is -0.351 e. The van der Waals surface area contributed by atoms with E-state index in [0.717, 1.165) is 36.3 Å². The Labute approximate surface area is 163 Å². The van der Waals surface area contributed by atoms with E-state index in [9.17, 15) is 9.18 Å². The highest BCUT2D eigenvalue weighted by atomic mass is 19.1. The van der Waals surface area contributed by atoms with Crippen LogP contribution in [0.25, 0.3) is 10.9 Å². The van der Waals surface area contributed by atoms with Gasteiger partial charge in [-0.3, -0.25) is 4.79 Å². The van der Waals surface area contributed by atoms with E-state index in [0.29, 0.717) is 12.1 Å². The minimum absolute atomic E-state index is 0.101. The highest BCUT2D eigenvalue weighted by Gasteiger charge is 2.28. The molecule has 1 unspecified atom stereocenters. The van der Waals surface area contributed by atoms with E-state index in [2.05, 4.69) is 40.7 Å². The van der Waals surface area contributed by atoms with Gasteiger partial charge >= 0.3 is 0 Å². The molecule has 28 heavy (non-hydrogen) atoms. The molecule has 0 spiro atoms. The monoisotopic (exact) mass is 381 g/mol. The smallest absolute Gasteiger partial charge is 0.266 e. The zero-order valence-corrected chi connectivity index (χ0v) is 16.4. The molecule has 0 radical (unpaired) electrons. The second-order valence-electron chi connectivity index (χ2n) is 8.34. The second kappa shape index (κ2) is 6.96. The first-order valence-corrected chi connectivity index (χ1v) is 9.58. The lowest BCUT2D eigenvalue weighted by Crippen LogP contribution is -2.38. The Hall–Kier alpha value is -2.83. The molecule has 146 valence electrons. The Kier molecular flexibility index (Phi) is 4.61. The van der Waals surface area contributed by atoms with Crippen molar-refractivity contribution < 1.29 is 4.39 Å². The van der Waals surface area contributed by atoms with Crippen molar-refractivity contribution in [2.45, 2.75) is 51.6 Å². The Morgan fingerprint density at radius 1 is 1.18 bits per heavy atom. The van der Waals surface area contributed by atoms with Crippen LogP contribution in [0.1, 0.15) is 39.3 Å². The zero-order valence-electron chi connectivity index (χ0n) is 16.4. The number of hydrogen-bond acceptors (Lipinski definition) is 5. The molecule has 0 saturated carbocycles. The molecule has 7 heteroatoms. The van der Waals surface area contributed by atoms with Gasteiger partial charge in [-0.2, -0.15) is 5.10 Å². The molecule has 0 bridgehead atoms. The Balaban J connectivity index is 1.68. The maximum Gasteiger partial charge on any atom is 0.266 e. The van der Waals surface area contributed by atoms with E-state index in [4.69, 9.17) is 0 Å². The molecule has 0 N–H and O–H groups in total. The van der Waals surface area contributed by atoms with Gasteiger partial charge in [0, 0.05) is 29.5 Å². The van der Waals surface area contributed by atoms with Crippen molar-refractivity contribution in [2.75, 3.05) is 11.4 Å². The van der Waals surface area contributed by atoms with E-state index in [1.807, 2.05) is 0 Å². The predicted octanol–water partition coefficient (Wildman–Crippen LogP) is 3.29. The minimum atomic E-state index is -0.315. The van der Waals surface area contributed by atoms with Crippen LogP contribution in [-0.4, -0.2) is 32.3 Å². The number of anilines is 1. The maximum absolute atomic E-state index is 13.6. The lowest BCUT2D eigenvalue weighted by atomic mass is 9.92. The standard InChI is InChI=1S/C21H24FN5O/c1-21(2,3)18-8-9-19(28)27(25-18)12-15-5-4-10-26(15)20-16-7-6-14(22)11-17(16)23-13-24-20/h6-9,11,13,15H,4-5,10,12H2,1-3H3. The van der Waals surface area contributed by atoms with E-state index in [-0.39, 0.29) is 22.8 Å². The summed E-state index contributed by atoms with van der Waals surface area (Å²) in [6, 6.07) is 8.07. The fourth-order valence-electron chi connectivity index (χ4n) is 3.73. The van der Waals surface area contributed by atoms with Gasteiger partial charge in [0.1, 0.15) is 18.0 Å². The van der Waals surface area contributed by atoms with Gasteiger partial charge in [-0.15, -0.1) is 0 Å². The van der Waals surface area contributed by atoms with Crippen LogP contribution in [0, 0.1) is 5.82 Å². The molecule has 3 aromatic rings. The molecule has 1 atom stereocenters. The molecule has 1 aromatic carbocycles. The average molecular weight is 381 g/mol. The fourth-order valence-corrected chi connectivity index (χ4v) is 3.73. The van der Waals surface area contributed by atoms with Crippen LogP contribution < -0.4 is 10.5 Å². The van der Waals surface area contributed by atoms with Gasteiger partial charge in [0.25, 0.3) is 5.56 Å². The molecule has 4 rings (SSSR count). The highest BCUT2D eigenvalue weighted by Crippen LogP contribution is 2.30. The topological polar surface area (TPSA) is 63.9 Å². The van der Waals surface area contributed by atoms with Crippen molar-refractivity contribution in [1.29, 1.82) is 0 Å². The number of aromatic nitrogens is 4. The van der Waals surface area contributed by atoms with Crippen LogP contribution in [-0.2, 0) is 12.0 Å². The van der Waals surface area contributed by atoms with Crippen LogP contribution in [0.2, 0.25) is 0 Å². The van der Waals surface area contributed by atoms with E-state index in [1.54, 1.807) is 22.9 Å². The molecule has 1 saturated heterocycles. The number of halogens is 1. The molecule has 2 aromatic heterocycles. The van der Waals surface area contributed by atoms with Crippen molar-refractivity contribution in [3.05, 3.63) is 58.5 Å². The third-order valence-electron chi connectivity index (χ3n) is 5.25. The molecular weight excluding hydrogens is 357 g/mol. The molecule has 3 heterocycles. The number of fused-ring (bicyclic) bond motifs is 1. The zero-order chi connectivity index (χ0) is 19.9. The maximum atomic E-state index is 13.6. The number of rotatable bonds is 3. The third-order valence-corrected chi connectivity index (χ3v) is 5.25. The van der Waals surface area contributed by atoms with Crippen molar-refractivity contribution in [1.82, 2.24) is 19.7 Å². The molecule has 0 amide bonds. The lowest BCUT2D eigenvalue weighted by molar-refractivity contribution is 0.457. The first-order chi connectivity index (χ1) is 13.3. The van der Waals surface area contributed by atoms with Crippen LogP contribution >= 0.6 is 0 Å². The first kappa shape index (κ1) is 18.5. The van der Waals surface area contributed by atoms with Crippen molar-refractivity contribution in [3.63, 3.8) is 0 Å². The Bertz CT molecular complexity index is 1070. The highest BCUT2D eigenvalue weighted by molar-refractivity contribution is 5.89. The molecule has 1 fully saturated rings. The van der Waals surface area contributed by atoms with Gasteiger partial charge < -0.3 is 4.90 Å². The number of nitrogens with zero attached hydrogens (tertiary/aromatic N) is 5. The first-order valence-electron chi connectivity index (χ1n) is 9.58. The second-order valence-corrected chi connectivity index (χ2v) is 8.34. The predicted molar refractivity (Wildman–Crippen MR) is 107 cm³/mol. The Morgan fingerprint density at radius 3 is 2.79 bits per heavy atom. The van der Waals surface area contributed by atoms with E-state index >= 15 is 0 Å². The van der Waals surface area contributed by atoms with Gasteiger partial charge in [-0.05, 0) is 31.0 Å². The molecular formula is C21H24FN5O. The summed E-state index contributed by atoms with van der Waals surface area (Å²) in [5.74, 6) is 0.470. The fraction of sp³-hybridized carbons (Fsp3) is 0.429. The van der Waals surface area contributed by atoms with Gasteiger partial charge in [0.15, 0.2) is 0 Å². The van der Waals surface area contributed by atoms with E-state index in [1.165, 1.54) is 18.5 Å². The normalized spacial score (nSPS) is 17.4. The average Bonchev–Trinajstić information content (AvgIpc) is 3.09. The van der Waals surface area contributed by atoms with Crippen molar-refractivity contribution in [2.24, 2.45) is 0 Å². The lowest BCUT2D eigenvalue weighted by Gasteiger charge is -2.27. The molecule has 1 aliphatic rings. The quantitative estimate of drug-likeness (QED) is 0.697. The van der Waals surface area contributed by atoms with Gasteiger partial charge in [0.05, 0.1) is 23.8 Å². The summed E-state index contributed by atoms with van der Waals surface area (Å²) >= 11 is 0. The van der Waals surface area contributed by atoms with Crippen molar-refractivity contribution in [3.8, 4) is 0 Å². The largest absolute Gasteiger partial charge is 0.351 e. The number of hydrogen-bond donors (Lipinski definition) is 0. The third kappa shape index (κ3) is 3.48. The summed E-state index contributed by atoms with van der Waals surface area (Å²) in [5.41, 5.74) is 1.24. The summed E-state index contributed by atoms with van der Waals surface area (Å²) in [6.45, 7) is 7.58. The van der Waals surface area contributed by atoms with Crippen LogP contribution in [0.3, 0.4) is 0 Å². The van der Waals surface area contributed by atoms with Crippen LogP contribution in [0.5, 0.6) is 0 Å². The van der Waals surface area contributed by atoms with Crippen LogP contribution in [0.15, 0.2) is 41.5 Å². The Morgan fingerprint density at radius 2 is 2.00 bits per heavy atom. The molecule has 1 aliphatic heterocycles. The van der Waals surface area contributed by atoms with Crippen molar-refractivity contribution >= 4 is 16.7 Å². The summed E-state index contributed by atoms with van der Waals surface area (Å²) in [6.07, 6.45) is 3.42. The van der Waals surface area contributed by atoms with Gasteiger partial charge in [-0.25, -0.2) is 19.0 Å². The molecule has 6 nitrogen and oxygen atoms in total. The van der Waals surface area contributed by atoms with E-state index < -0.39 is 0 Å².